The Morgan fingerprint density at radius 1 is 1.15 bits per heavy atom. The summed E-state index contributed by atoms with van der Waals surface area (Å²) in [6.07, 6.45) is 0. The fourth-order valence-electron chi connectivity index (χ4n) is 2.46. The average molecular weight is 270 g/mol. The molecule has 1 aromatic heterocycles. The number of hydrogen-bond donors (Lipinski definition) is 0. The predicted molar refractivity (Wildman–Crippen MR) is 81.4 cm³/mol. The summed E-state index contributed by atoms with van der Waals surface area (Å²) < 4.78 is 1.84. The molecule has 0 fully saturated rings. The van der Waals surface area contributed by atoms with Crippen LogP contribution in [0.1, 0.15) is 51.4 Å². The number of hydrogen-bond acceptors (Lipinski definition) is 2. The quantitative estimate of drug-likeness (QED) is 0.794. The van der Waals surface area contributed by atoms with Gasteiger partial charge in [-0.05, 0) is 58.7 Å². The molecule has 20 heavy (non-hydrogen) atoms. The fourth-order valence-corrected chi connectivity index (χ4v) is 2.46. The number of ketones is 1. The average Bonchev–Trinajstić information content (AvgIpc) is 2.67. The Morgan fingerprint density at radius 3 is 2.35 bits per heavy atom. The van der Waals surface area contributed by atoms with Gasteiger partial charge in [0.1, 0.15) is 6.04 Å². The number of aromatic nitrogens is 2. The molecule has 1 atom stereocenters. The minimum Gasteiger partial charge on any atom is -0.292 e. The smallest absolute Gasteiger partial charge is 0.187 e. The van der Waals surface area contributed by atoms with Crippen molar-refractivity contribution < 1.29 is 4.79 Å². The van der Waals surface area contributed by atoms with Gasteiger partial charge in [0.15, 0.2) is 5.78 Å². The molecule has 0 N–H and O–H groups in total. The van der Waals surface area contributed by atoms with Crippen molar-refractivity contribution in [3.63, 3.8) is 0 Å². The number of Topliss-reactive ketones (excluding diaryl/α,β-unsaturated/α-hetero) is 1. The molecule has 0 radical (unpaired) electrons. The number of carbonyl (C=O) groups excluding carboxylic acids is 1. The van der Waals surface area contributed by atoms with Crippen molar-refractivity contribution in [3.05, 3.63) is 51.8 Å². The Morgan fingerprint density at radius 2 is 1.80 bits per heavy atom. The highest BCUT2D eigenvalue weighted by Gasteiger charge is 2.22. The molecule has 2 aromatic rings. The molecular weight excluding hydrogens is 248 g/mol. The first-order valence-corrected chi connectivity index (χ1v) is 6.96. The number of nitrogens with zero attached hydrogens (tertiary/aromatic N) is 2. The van der Waals surface area contributed by atoms with Crippen molar-refractivity contribution in [3.8, 4) is 0 Å². The van der Waals surface area contributed by atoms with Gasteiger partial charge in [0.25, 0.3) is 0 Å². The van der Waals surface area contributed by atoms with E-state index in [2.05, 4.69) is 5.10 Å². The second-order valence-corrected chi connectivity index (χ2v) is 5.60. The second kappa shape index (κ2) is 5.23. The van der Waals surface area contributed by atoms with E-state index in [1.807, 2.05) is 64.4 Å². The van der Waals surface area contributed by atoms with Crippen LogP contribution in [0.3, 0.4) is 0 Å². The van der Waals surface area contributed by atoms with Crippen LogP contribution in [0.25, 0.3) is 0 Å². The lowest BCUT2D eigenvalue weighted by molar-refractivity contribution is 0.0926. The van der Waals surface area contributed by atoms with Crippen molar-refractivity contribution in [1.82, 2.24) is 9.78 Å². The predicted octanol–water partition coefficient (Wildman–Crippen LogP) is 3.87. The molecule has 0 bridgehead atoms. The summed E-state index contributed by atoms with van der Waals surface area (Å²) >= 11 is 0. The molecule has 2 rings (SSSR count). The van der Waals surface area contributed by atoms with E-state index >= 15 is 0 Å². The van der Waals surface area contributed by atoms with Gasteiger partial charge < -0.3 is 0 Å². The van der Waals surface area contributed by atoms with E-state index < -0.39 is 0 Å². The third kappa shape index (κ3) is 2.40. The van der Waals surface area contributed by atoms with Gasteiger partial charge in [0, 0.05) is 11.3 Å². The Hall–Kier alpha value is -1.90. The molecule has 0 aliphatic heterocycles. The lowest BCUT2D eigenvalue weighted by Crippen LogP contribution is -2.20. The Kier molecular flexibility index (Phi) is 3.80. The molecule has 0 aliphatic rings. The van der Waals surface area contributed by atoms with Crippen LogP contribution < -0.4 is 0 Å². The number of aryl methyl sites for hydroxylation is 3. The van der Waals surface area contributed by atoms with E-state index in [9.17, 15) is 4.79 Å². The lowest BCUT2D eigenvalue weighted by atomic mass is 9.98. The molecule has 3 heteroatoms. The molecule has 1 heterocycles. The van der Waals surface area contributed by atoms with E-state index in [1.54, 1.807) is 0 Å². The van der Waals surface area contributed by atoms with Gasteiger partial charge in [-0.3, -0.25) is 9.48 Å². The summed E-state index contributed by atoms with van der Waals surface area (Å²) in [4.78, 5) is 12.7. The summed E-state index contributed by atoms with van der Waals surface area (Å²) in [5.74, 6) is 0.122. The largest absolute Gasteiger partial charge is 0.292 e. The molecule has 0 spiro atoms. The third-order valence-electron chi connectivity index (χ3n) is 4.09. The first kappa shape index (κ1) is 14.5. The molecule has 1 unspecified atom stereocenters. The SMILES string of the molecule is Cc1ccc(C)c(C(=O)C(C)n2nc(C)c(C)c2C)c1. The van der Waals surface area contributed by atoms with E-state index in [4.69, 9.17) is 0 Å². The van der Waals surface area contributed by atoms with Crippen LogP contribution in [-0.2, 0) is 0 Å². The molecule has 0 saturated heterocycles. The van der Waals surface area contributed by atoms with Crippen molar-refractivity contribution in [2.24, 2.45) is 0 Å². The first-order chi connectivity index (χ1) is 9.32. The highest BCUT2D eigenvalue weighted by molar-refractivity contribution is 6.00. The summed E-state index contributed by atoms with van der Waals surface area (Å²) in [5, 5.41) is 4.50. The number of carbonyl (C=O) groups is 1. The van der Waals surface area contributed by atoms with Gasteiger partial charge in [0.2, 0.25) is 0 Å². The van der Waals surface area contributed by atoms with E-state index in [0.29, 0.717) is 0 Å². The minimum atomic E-state index is -0.275. The molecule has 0 aliphatic carbocycles. The lowest BCUT2D eigenvalue weighted by Gasteiger charge is -2.15. The Bertz CT molecular complexity index is 668. The Balaban J connectivity index is 2.42. The molecule has 0 amide bonds. The zero-order valence-corrected chi connectivity index (χ0v) is 13.1. The van der Waals surface area contributed by atoms with Crippen LogP contribution in [-0.4, -0.2) is 15.6 Å². The van der Waals surface area contributed by atoms with Crippen LogP contribution in [0, 0.1) is 34.6 Å². The molecule has 106 valence electrons. The molecule has 3 nitrogen and oxygen atoms in total. The summed E-state index contributed by atoms with van der Waals surface area (Å²) in [5.41, 5.74) is 6.13. The molecule has 0 saturated carbocycles. The normalized spacial score (nSPS) is 12.5. The summed E-state index contributed by atoms with van der Waals surface area (Å²) in [7, 11) is 0. The maximum absolute atomic E-state index is 12.7. The first-order valence-electron chi connectivity index (χ1n) is 6.96. The van der Waals surface area contributed by atoms with Gasteiger partial charge in [-0.15, -0.1) is 0 Å². The van der Waals surface area contributed by atoms with Gasteiger partial charge in [0.05, 0.1) is 5.69 Å². The fraction of sp³-hybridized carbons (Fsp3) is 0.412. The van der Waals surface area contributed by atoms with Gasteiger partial charge in [-0.1, -0.05) is 17.7 Å². The summed E-state index contributed by atoms with van der Waals surface area (Å²) in [6.45, 7) is 11.9. The number of benzene rings is 1. The maximum Gasteiger partial charge on any atom is 0.187 e. The van der Waals surface area contributed by atoms with Crippen molar-refractivity contribution in [2.75, 3.05) is 0 Å². The maximum atomic E-state index is 12.7. The monoisotopic (exact) mass is 270 g/mol. The van der Waals surface area contributed by atoms with Crippen LogP contribution in [0.4, 0.5) is 0 Å². The molecule has 1 aromatic carbocycles. The van der Waals surface area contributed by atoms with Gasteiger partial charge in [-0.2, -0.15) is 5.10 Å². The van der Waals surface area contributed by atoms with Crippen LogP contribution in [0.2, 0.25) is 0 Å². The second-order valence-electron chi connectivity index (χ2n) is 5.60. The van der Waals surface area contributed by atoms with Gasteiger partial charge >= 0.3 is 0 Å². The van der Waals surface area contributed by atoms with Crippen LogP contribution in [0.15, 0.2) is 18.2 Å². The van der Waals surface area contributed by atoms with Crippen molar-refractivity contribution in [2.45, 2.75) is 47.6 Å². The number of rotatable bonds is 3. The zero-order valence-electron chi connectivity index (χ0n) is 13.1. The van der Waals surface area contributed by atoms with E-state index in [0.717, 1.165) is 33.6 Å². The standard InChI is InChI=1S/C17H22N2O/c1-10-7-8-11(2)16(9-10)17(20)15(6)19-14(5)12(3)13(4)18-19/h7-9,15H,1-6H3. The van der Waals surface area contributed by atoms with Gasteiger partial charge in [-0.25, -0.2) is 0 Å². The minimum absolute atomic E-state index is 0.122. The summed E-state index contributed by atoms with van der Waals surface area (Å²) in [6, 6.07) is 5.72. The van der Waals surface area contributed by atoms with Crippen molar-refractivity contribution in [1.29, 1.82) is 0 Å². The van der Waals surface area contributed by atoms with Crippen LogP contribution in [0.5, 0.6) is 0 Å². The Labute approximate surface area is 120 Å². The highest BCUT2D eigenvalue weighted by Crippen LogP contribution is 2.22. The highest BCUT2D eigenvalue weighted by atomic mass is 16.1. The topological polar surface area (TPSA) is 34.9 Å². The van der Waals surface area contributed by atoms with E-state index in [-0.39, 0.29) is 11.8 Å². The molecular formula is C17H22N2O. The third-order valence-corrected chi connectivity index (χ3v) is 4.09. The van der Waals surface area contributed by atoms with Crippen molar-refractivity contribution >= 4 is 5.78 Å². The van der Waals surface area contributed by atoms with Crippen LogP contribution >= 0.6 is 0 Å². The van der Waals surface area contributed by atoms with E-state index in [1.165, 1.54) is 0 Å². The zero-order chi connectivity index (χ0) is 15.0.